The van der Waals surface area contributed by atoms with E-state index in [0.717, 1.165) is 19.2 Å². The number of ether oxygens (including phenoxy) is 1. The highest BCUT2D eigenvalue weighted by molar-refractivity contribution is 6.10. The quantitative estimate of drug-likeness (QED) is 0.507. The van der Waals surface area contributed by atoms with Crippen LogP contribution in [-0.4, -0.2) is 33.6 Å². The SMILES string of the molecule is COC(=O)c1cc(F)cc(N)c1C(=O)Cc1ncnn1C. The molecule has 8 heteroatoms. The molecule has 0 fully saturated rings. The van der Waals surface area contributed by atoms with Gasteiger partial charge < -0.3 is 10.5 Å². The van der Waals surface area contributed by atoms with Gasteiger partial charge in [0.2, 0.25) is 0 Å². The molecule has 0 aliphatic rings. The number of anilines is 1. The molecule has 0 bridgehead atoms. The lowest BCUT2D eigenvalue weighted by atomic mass is 9.99. The van der Waals surface area contributed by atoms with E-state index in [1.54, 1.807) is 7.05 Å². The fourth-order valence-corrected chi connectivity index (χ4v) is 1.92. The van der Waals surface area contributed by atoms with Crippen molar-refractivity contribution in [1.29, 1.82) is 0 Å². The molecule has 7 nitrogen and oxygen atoms in total. The number of rotatable bonds is 4. The lowest BCUT2D eigenvalue weighted by Gasteiger charge is -2.10. The average molecular weight is 292 g/mol. The number of Topliss-reactive ketones (excluding diaryl/α,β-unsaturated/α-hetero) is 1. The minimum absolute atomic E-state index is 0.0775. The number of nitrogen functional groups attached to an aromatic ring is 1. The van der Waals surface area contributed by atoms with Crippen LogP contribution < -0.4 is 5.73 Å². The predicted molar refractivity (Wildman–Crippen MR) is 71.2 cm³/mol. The molecule has 0 aliphatic carbocycles. The second-order valence-electron chi connectivity index (χ2n) is 4.31. The highest BCUT2D eigenvalue weighted by Crippen LogP contribution is 2.22. The molecule has 0 saturated carbocycles. The van der Waals surface area contributed by atoms with Crippen LogP contribution >= 0.6 is 0 Å². The van der Waals surface area contributed by atoms with E-state index in [-0.39, 0.29) is 23.2 Å². The summed E-state index contributed by atoms with van der Waals surface area (Å²) in [4.78, 5) is 28.0. The van der Waals surface area contributed by atoms with Gasteiger partial charge in [-0.15, -0.1) is 0 Å². The molecule has 0 spiro atoms. The zero-order chi connectivity index (χ0) is 15.6. The van der Waals surface area contributed by atoms with Crippen LogP contribution in [0.2, 0.25) is 0 Å². The number of nitrogens with zero attached hydrogens (tertiary/aromatic N) is 3. The van der Waals surface area contributed by atoms with Crippen molar-refractivity contribution in [3.05, 3.63) is 41.2 Å². The Labute approximate surface area is 119 Å². The molecule has 0 unspecified atom stereocenters. The largest absolute Gasteiger partial charge is 0.465 e. The zero-order valence-electron chi connectivity index (χ0n) is 11.5. The van der Waals surface area contributed by atoms with E-state index in [1.807, 2.05) is 0 Å². The Balaban J connectivity index is 2.45. The number of hydrogen-bond donors (Lipinski definition) is 1. The summed E-state index contributed by atoms with van der Waals surface area (Å²) >= 11 is 0. The maximum Gasteiger partial charge on any atom is 0.338 e. The number of nitrogens with two attached hydrogens (primary N) is 1. The lowest BCUT2D eigenvalue weighted by Crippen LogP contribution is -2.17. The van der Waals surface area contributed by atoms with Crippen LogP contribution in [0.3, 0.4) is 0 Å². The summed E-state index contributed by atoms with van der Waals surface area (Å²) in [6.45, 7) is 0. The van der Waals surface area contributed by atoms with Crippen molar-refractivity contribution in [1.82, 2.24) is 14.8 Å². The minimum Gasteiger partial charge on any atom is -0.465 e. The van der Waals surface area contributed by atoms with Gasteiger partial charge in [-0.05, 0) is 12.1 Å². The molecule has 0 amide bonds. The number of aryl methyl sites for hydroxylation is 1. The van der Waals surface area contributed by atoms with Gasteiger partial charge in [-0.1, -0.05) is 0 Å². The number of esters is 1. The van der Waals surface area contributed by atoms with Crippen LogP contribution in [0.1, 0.15) is 26.5 Å². The molecule has 0 saturated heterocycles. The van der Waals surface area contributed by atoms with Gasteiger partial charge in [-0.3, -0.25) is 9.48 Å². The summed E-state index contributed by atoms with van der Waals surface area (Å²) in [5.74, 6) is -1.62. The van der Waals surface area contributed by atoms with E-state index in [1.165, 1.54) is 11.0 Å². The number of carbonyl (C=O) groups is 2. The number of aromatic nitrogens is 3. The Morgan fingerprint density at radius 2 is 2.14 bits per heavy atom. The van der Waals surface area contributed by atoms with Gasteiger partial charge in [0.15, 0.2) is 5.78 Å². The summed E-state index contributed by atoms with van der Waals surface area (Å²) in [5, 5.41) is 3.84. The third kappa shape index (κ3) is 2.88. The number of carbonyl (C=O) groups excluding carboxylic acids is 2. The third-order valence-corrected chi connectivity index (χ3v) is 2.94. The van der Waals surface area contributed by atoms with Crippen LogP contribution in [0.5, 0.6) is 0 Å². The molecule has 1 heterocycles. The van der Waals surface area contributed by atoms with Gasteiger partial charge in [-0.25, -0.2) is 14.2 Å². The summed E-state index contributed by atoms with van der Waals surface area (Å²) in [7, 11) is 2.77. The second kappa shape index (κ2) is 5.70. The van der Waals surface area contributed by atoms with Gasteiger partial charge in [-0.2, -0.15) is 5.10 Å². The van der Waals surface area contributed by atoms with E-state index in [0.29, 0.717) is 5.82 Å². The van der Waals surface area contributed by atoms with Crippen molar-refractivity contribution in [2.75, 3.05) is 12.8 Å². The molecule has 1 aromatic carbocycles. The molecule has 2 rings (SSSR count). The summed E-state index contributed by atoms with van der Waals surface area (Å²) in [5.41, 5.74) is 5.26. The Morgan fingerprint density at radius 3 is 2.71 bits per heavy atom. The Hall–Kier alpha value is -2.77. The van der Waals surface area contributed by atoms with E-state index < -0.39 is 17.6 Å². The standard InChI is InChI=1S/C13H13FN4O3/c1-18-11(16-6-17-18)5-10(19)12-8(13(20)21-2)3-7(14)4-9(12)15/h3-4,6H,5,15H2,1-2H3. The van der Waals surface area contributed by atoms with Crippen molar-refractivity contribution >= 4 is 17.4 Å². The summed E-state index contributed by atoms with van der Waals surface area (Å²) in [6.07, 6.45) is 1.19. The molecule has 2 aromatic rings. The van der Waals surface area contributed by atoms with Crippen LogP contribution in [0.25, 0.3) is 0 Å². The first-order chi connectivity index (χ1) is 9.93. The molecule has 0 aliphatic heterocycles. The van der Waals surface area contributed by atoms with Crippen LogP contribution in [0.15, 0.2) is 18.5 Å². The highest BCUT2D eigenvalue weighted by atomic mass is 19.1. The maximum atomic E-state index is 13.4. The van der Waals surface area contributed by atoms with E-state index in [2.05, 4.69) is 14.8 Å². The van der Waals surface area contributed by atoms with E-state index >= 15 is 0 Å². The van der Waals surface area contributed by atoms with Crippen molar-refractivity contribution in [3.63, 3.8) is 0 Å². The summed E-state index contributed by atoms with van der Waals surface area (Å²) in [6, 6.07) is 1.91. The number of hydrogen-bond acceptors (Lipinski definition) is 6. The first-order valence-electron chi connectivity index (χ1n) is 5.97. The number of ketones is 1. The smallest absolute Gasteiger partial charge is 0.338 e. The number of methoxy groups -OCH3 is 1. The van der Waals surface area contributed by atoms with Crippen molar-refractivity contribution in [2.24, 2.45) is 7.05 Å². The van der Waals surface area contributed by atoms with Gasteiger partial charge in [0.25, 0.3) is 0 Å². The minimum atomic E-state index is -0.831. The Bertz CT molecular complexity index is 711. The average Bonchev–Trinajstić information content (AvgIpc) is 2.82. The van der Waals surface area contributed by atoms with Gasteiger partial charge in [0, 0.05) is 12.7 Å². The topological polar surface area (TPSA) is 100 Å². The Morgan fingerprint density at radius 1 is 1.43 bits per heavy atom. The lowest BCUT2D eigenvalue weighted by molar-refractivity contribution is 0.0596. The second-order valence-corrected chi connectivity index (χ2v) is 4.31. The molecule has 0 atom stereocenters. The van der Waals surface area contributed by atoms with E-state index in [9.17, 15) is 14.0 Å². The van der Waals surface area contributed by atoms with Crippen molar-refractivity contribution in [2.45, 2.75) is 6.42 Å². The molecular weight excluding hydrogens is 279 g/mol. The molecule has 1 aromatic heterocycles. The molecular formula is C13H13FN4O3. The monoisotopic (exact) mass is 292 g/mol. The van der Waals surface area contributed by atoms with Crippen molar-refractivity contribution in [3.8, 4) is 0 Å². The van der Waals surface area contributed by atoms with Gasteiger partial charge >= 0.3 is 5.97 Å². The highest BCUT2D eigenvalue weighted by Gasteiger charge is 2.23. The van der Waals surface area contributed by atoms with E-state index in [4.69, 9.17) is 5.73 Å². The predicted octanol–water partition coefficient (Wildman–Crippen LogP) is 0.748. The maximum absolute atomic E-state index is 13.4. The number of benzene rings is 1. The zero-order valence-corrected chi connectivity index (χ0v) is 11.5. The van der Waals surface area contributed by atoms with Crippen LogP contribution in [-0.2, 0) is 18.2 Å². The van der Waals surface area contributed by atoms with Crippen LogP contribution in [0, 0.1) is 5.82 Å². The Kier molecular flexibility index (Phi) is 3.97. The molecule has 0 radical (unpaired) electrons. The molecule has 21 heavy (non-hydrogen) atoms. The molecule has 2 N–H and O–H groups in total. The fourth-order valence-electron chi connectivity index (χ4n) is 1.92. The van der Waals surface area contributed by atoms with Gasteiger partial charge in [0.1, 0.15) is 18.0 Å². The fraction of sp³-hybridized carbons (Fsp3) is 0.231. The normalized spacial score (nSPS) is 10.4. The van der Waals surface area contributed by atoms with Crippen LogP contribution in [0.4, 0.5) is 10.1 Å². The number of halogens is 1. The van der Waals surface area contributed by atoms with Crippen molar-refractivity contribution < 1.29 is 18.7 Å². The molecule has 110 valence electrons. The summed E-state index contributed by atoms with van der Waals surface area (Å²) < 4.78 is 19.4. The first kappa shape index (κ1) is 14.6. The first-order valence-corrected chi connectivity index (χ1v) is 5.97. The third-order valence-electron chi connectivity index (χ3n) is 2.94. The van der Waals surface area contributed by atoms with Gasteiger partial charge in [0.05, 0.1) is 24.7 Å².